The first-order valence-electron chi connectivity index (χ1n) is 5.63. The number of ether oxygens (including phenoxy) is 1. The molecule has 17 heavy (non-hydrogen) atoms. The van der Waals surface area contributed by atoms with Crippen LogP contribution in [0.2, 0.25) is 0 Å². The fraction of sp³-hybridized carbons (Fsp3) is 0.417. The van der Waals surface area contributed by atoms with Gasteiger partial charge in [0.2, 0.25) is 0 Å². The van der Waals surface area contributed by atoms with Crippen molar-refractivity contribution in [1.29, 1.82) is 0 Å². The normalized spacial score (nSPS) is 15.7. The molecule has 4 N–H and O–H groups in total. The molecule has 2 rings (SSSR count). The van der Waals surface area contributed by atoms with Crippen molar-refractivity contribution in [2.75, 3.05) is 13.7 Å². The summed E-state index contributed by atoms with van der Waals surface area (Å²) in [4.78, 5) is 11.7. The highest BCUT2D eigenvalue weighted by molar-refractivity contribution is 5.82. The number of nitrogens with two attached hydrogens (primary N) is 2. The second-order valence-corrected chi connectivity index (χ2v) is 4.25. The Morgan fingerprint density at radius 2 is 2.29 bits per heavy atom. The summed E-state index contributed by atoms with van der Waals surface area (Å²) in [7, 11) is 1.49. The molecule has 0 saturated carbocycles. The Bertz CT molecular complexity index is 432. The number of hydrazine groups is 1. The number of carbonyl (C=O) groups excluding carboxylic acids is 1. The molecule has 5 heteroatoms. The van der Waals surface area contributed by atoms with Gasteiger partial charge in [0.15, 0.2) is 0 Å². The van der Waals surface area contributed by atoms with E-state index in [1.807, 2.05) is 18.2 Å². The van der Waals surface area contributed by atoms with Gasteiger partial charge in [-0.15, -0.1) is 0 Å². The van der Waals surface area contributed by atoms with Crippen LogP contribution in [-0.4, -0.2) is 24.6 Å². The lowest BCUT2D eigenvalue weighted by molar-refractivity contribution is -0.131. The Morgan fingerprint density at radius 3 is 3.00 bits per heavy atom. The molecule has 92 valence electrons. The van der Waals surface area contributed by atoms with Gasteiger partial charge in [0.25, 0.3) is 5.91 Å². The third kappa shape index (κ3) is 2.40. The van der Waals surface area contributed by atoms with E-state index in [0.29, 0.717) is 0 Å². The molecule has 1 aliphatic heterocycles. The summed E-state index contributed by atoms with van der Waals surface area (Å²) in [6.07, 6.45) is 1.96. The maximum Gasteiger partial charge on any atom is 0.257 e. The molecule has 1 aliphatic rings. The molecule has 1 aromatic carbocycles. The Balaban J connectivity index is 2.24. The zero-order valence-electron chi connectivity index (χ0n) is 9.85. The molecule has 1 atom stereocenters. The predicted molar refractivity (Wildman–Crippen MR) is 64.1 cm³/mol. The SMILES string of the molecule is CN(N)C(=O)C(N)c1ccc2c(c1)CCCO2. The second-order valence-electron chi connectivity index (χ2n) is 4.25. The monoisotopic (exact) mass is 235 g/mol. The minimum atomic E-state index is -0.711. The van der Waals surface area contributed by atoms with Gasteiger partial charge in [-0.05, 0) is 30.0 Å². The summed E-state index contributed by atoms with van der Waals surface area (Å²) in [6, 6.07) is 4.90. The maximum atomic E-state index is 11.7. The van der Waals surface area contributed by atoms with E-state index >= 15 is 0 Å². The molecule has 0 spiro atoms. The lowest BCUT2D eigenvalue weighted by Gasteiger charge is -2.21. The van der Waals surface area contributed by atoms with Crippen molar-refractivity contribution < 1.29 is 9.53 Å². The average molecular weight is 235 g/mol. The van der Waals surface area contributed by atoms with Crippen LogP contribution in [0.15, 0.2) is 18.2 Å². The quantitative estimate of drug-likeness (QED) is 0.440. The highest BCUT2D eigenvalue weighted by Crippen LogP contribution is 2.27. The molecule has 0 saturated heterocycles. The molecule has 0 bridgehead atoms. The van der Waals surface area contributed by atoms with Gasteiger partial charge >= 0.3 is 0 Å². The van der Waals surface area contributed by atoms with Gasteiger partial charge in [-0.25, -0.2) is 5.84 Å². The lowest BCUT2D eigenvalue weighted by Crippen LogP contribution is -2.40. The molecule has 0 aromatic heterocycles. The number of carbonyl (C=O) groups is 1. The summed E-state index contributed by atoms with van der Waals surface area (Å²) in [5.74, 6) is 5.98. The van der Waals surface area contributed by atoms with E-state index in [9.17, 15) is 4.79 Å². The van der Waals surface area contributed by atoms with Gasteiger partial charge in [-0.3, -0.25) is 9.80 Å². The average Bonchev–Trinajstić information content (AvgIpc) is 2.36. The van der Waals surface area contributed by atoms with E-state index in [4.69, 9.17) is 16.3 Å². The number of aryl methyl sites for hydroxylation is 1. The Morgan fingerprint density at radius 1 is 1.53 bits per heavy atom. The van der Waals surface area contributed by atoms with Crippen molar-refractivity contribution in [2.24, 2.45) is 11.6 Å². The van der Waals surface area contributed by atoms with Gasteiger partial charge in [-0.2, -0.15) is 0 Å². The number of benzene rings is 1. The Labute approximate surface area is 100 Å². The first-order valence-corrected chi connectivity index (χ1v) is 5.63. The molecule has 1 amide bonds. The molecule has 1 heterocycles. The van der Waals surface area contributed by atoms with E-state index < -0.39 is 6.04 Å². The van der Waals surface area contributed by atoms with Crippen LogP contribution in [0, 0.1) is 0 Å². The van der Waals surface area contributed by atoms with E-state index in [0.717, 1.165) is 41.3 Å². The zero-order valence-corrected chi connectivity index (χ0v) is 9.85. The van der Waals surface area contributed by atoms with Crippen LogP contribution in [0.1, 0.15) is 23.6 Å². The number of likely N-dealkylation sites (N-methyl/N-ethyl adjacent to an activating group) is 1. The molecule has 0 radical (unpaired) electrons. The predicted octanol–water partition coefficient (Wildman–Crippen LogP) is 0.344. The van der Waals surface area contributed by atoms with Gasteiger partial charge in [0.05, 0.1) is 6.61 Å². The molecule has 1 unspecified atom stereocenters. The van der Waals surface area contributed by atoms with E-state index in [1.165, 1.54) is 7.05 Å². The highest BCUT2D eigenvalue weighted by atomic mass is 16.5. The van der Waals surface area contributed by atoms with Gasteiger partial charge in [0.1, 0.15) is 11.8 Å². The number of rotatable bonds is 2. The van der Waals surface area contributed by atoms with Crippen molar-refractivity contribution in [2.45, 2.75) is 18.9 Å². The van der Waals surface area contributed by atoms with Gasteiger partial charge in [0, 0.05) is 7.05 Å². The van der Waals surface area contributed by atoms with Crippen molar-refractivity contribution in [3.05, 3.63) is 29.3 Å². The Kier molecular flexibility index (Phi) is 3.31. The maximum absolute atomic E-state index is 11.7. The number of hydrogen-bond donors (Lipinski definition) is 2. The van der Waals surface area contributed by atoms with Crippen molar-refractivity contribution in [3.63, 3.8) is 0 Å². The smallest absolute Gasteiger partial charge is 0.257 e. The van der Waals surface area contributed by atoms with E-state index in [-0.39, 0.29) is 5.91 Å². The van der Waals surface area contributed by atoms with Crippen LogP contribution < -0.4 is 16.3 Å². The number of nitrogens with zero attached hydrogens (tertiary/aromatic N) is 1. The fourth-order valence-corrected chi connectivity index (χ4v) is 1.94. The van der Waals surface area contributed by atoms with Crippen LogP contribution >= 0.6 is 0 Å². The van der Waals surface area contributed by atoms with Crippen LogP contribution in [0.5, 0.6) is 5.75 Å². The Hall–Kier alpha value is -1.59. The standard InChI is InChI=1S/C12H17N3O2/c1-15(14)12(16)11(13)9-4-5-10-8(7-9)3-2-6-17-10/h4-5,7,11H,2-3,6,13-14H2,1H3. The lowest BCUT2D eigenvalue weighted by atomic mass is 9.99. The topological polar surface area (TPSA) is 81.6 Å². The van der Waals surface area contributed by atoms with Gasteiger partial charge < -0.3 is 10.5 Å². The van der Waals surface area contributed by atoms with Crippen molar-refractivity contribution in [3.8, 4) is 5.75 Å². The number of fused-ring (bicyclic) bond motifs is 1. The highest BCUT2D eigenvalue weighted by Gasteiger charge is 2.20. The van der Waals surface area contributed by atoms with E-state index in [1.54, 1.807) is 0 Å². The third-order valence-corrected chi connectivity index (χ3v) is 2.91. The third-order valence-electron chi connectivity index (χ3n) is 2.91. The summed E-state index contributed by atoms with van der Waals surface area (Å²) < 4.78 is 5.51. The molecular weight excluding hydrogens is 218 g/mol. The molecule has 5 nitrogen and oxygen atoms in total. The van der Waals surface area contributed by atoms with Crippen molar-refractivity contribution in [1.82, 2.24) is 5.01 Å². The van der Waals surface area contributed by atoms with Gasteiger partial charge in [-0.1, -0.05) is 12.1 Å². The molecule has 0 aliphatic carbocycles. The van der Waals surface area contributed by atoms with Crippen LogP contribution in [0.3, 0.4) is 0 Å². The molecular formula is C12H17N3O2. The number of hydrogen-bond acceptors (Lipinski definition) is 4. The fourth-order valence-electron chi connectivity index (χ4n) is 1.94. The second kappa shape index (κ2) is 4.73. The first-order chi connectivity index (χ1) is 8.09. The minimum absolute atomic E-state index is 0.304. The van der Waals surface area contributed by atoms with E-state index in [2.05, 4.69) is 0 Å². The first kappa shape index (κ1) is 11.9. The van der Waals surface area contributed by atoms with Crippen LogP contribution in [0.4, 0.5) is 0 Å². The van der Waals surface area contributed by atoms with Crippen molar-refractivity contribution >= 4 is 5.91 Å². The summed E-state index contributed by atoms with van der Waals surface area (Å²) >= 11 is 0. The molecule has 0 fully saturated rings. The summed E-state index contributed by atoms with van der Waals surface area (Å²) in [6.45, 7) is 0.753. The van der Waals surface area contributed by atoms with Crippen LogP contribution in [0.25, 0.3) is 0 Å². The molecule has 1 aromatic rings. The summed E-state index contributed by atoms with van der Waals surface area (Å²) in [5.41, 5.74) is 7.74. The van der Waals surface area contributed by atoms with Crippen LogP contribution in [-0.2, 0) is 11.2 Å². The summed E-state index contributed by atoms with van der Waals surface area (Å²) in [5, 5.41) is 1.01. The zero-order chi connectivity index (χ0) is 12.4. The number of amides is 1. The largest absolute Gasteiger partial charge is 0.493 e. The minimum Gasteiger partial charge on any atom is -0.493 e.